The maximum atomic E-state index is 16.4. The molecule has 5 rings (SSSR count). The number of amides is 1. The predicted octanol–water partition coefficient (Wildman–Crippen LogP) is 5.62. The number of pyridine rings is 1. The van der Waals surface area contributed by atoms with Crippen LogP contribution in [0.15, 0.2) is 66.0 Å². The highest BCUT2D eigenvalue weighted by atomic mass is 32.2. The van der Waals surface area contributed by atoms with Gasteiger partial charge in [0.25, 0.3) is 10.0 Å². The molecule has 2 aromatic heterocycles. The Morgan fingerprint density at radius 1 is 0.953 bits per heavy atom. The standard InChI is InChI=1S/C29H27F4N5O4S/c1-42-29(39)38(43(40,41)25-17-20(30)5-6-22(25)31)24-8-7-23(32)26(27(24)33)28-21(19-9-11-34-12-10-19)18-37(35-28)16-15-36-13-3-2-4-14-36/h5-12,17-18H,2-4,13-16H2,1H3. The molecule has 0 atom stereocenters. The summed E-state index contributed by atoms with van der Waals surface area (Å²) in [5.74, 6) is -5.10. The van der Waals surface area contributed by atoms with E-state index in [9.17, 15) is 22.0 Å². The quantitative estimate of drug-likeness (QED) is 0.237. The molecular formula is C29H27F4N5O4S. The van der Waals surface area contributed by atoms with Crippen molar-refractivity contribution in [3.05, 3.63) is 84.3 Å². The van der Waals surface area contributed by atoms with E-state index in [0.29, 0.717) is 48.5 Å². The Balaban J connectivity index is 1.65. The summed E-state index contributed by atoms with van der Waals surface area (Å²) < 4.78 is 93.2. The van der Waals surface area contributed by atoms with E-state index in [1.54, 1.807) is 23.0 Å². The molecule has 0 saturated carbocycles. The van der Waals surface area contributed by atoms with Crippen molar-refractivity contribution in [2.75, 3.05) is 31.0 Å². The van der Waals surface area contributed by atoms with Gasteiger partial charge in [0.05, 0.1) is 19.2 Å². The average molecular weight is 618 g/mol. The van der Waals surface area contributed by atoms with Gasteiger partial charge in [-0.3, -0.25) is 9.67 Å². The van der Waals surface area contributed by atoms with Crippen LogP contribution in [-0.4, -0.2) is 60.9 Å². The summed E-state index contributed by atoms with van der Waals surface area (Å²) in [6.45, 7) is 2.92. The minimum Gasteiger partial charge on any atom is -0.452 e. The van der Waals surface area contributed by atoms with Gasteiger partial charge in [-0.1, -0.05) is 6.42 Å². The third kappa shape index (κ3) is 6.11. The first-order valence-corrected chi connectivity index (χ1v) is 14.8. The molecule has 1 aliphatic heterocycles. The number of likely N-dealkylation sites (tertiary alicyclic amines) is 1. The highest BCUT2D eigenvalue weighted by Gasteiger charge is 2.38. The van der Waals surface area contributed by atoms with E-state index < -0.39 is 55.5 Å². The maximum absolute atomic E-state index is 16.4. The monoisotopic (exact) mass is 617 g/mol. The Bertz CT molecular complexity index is 1750. The molecule has 226 valence electrons. The topological polar surface area (TPSA) is 97.6 Å². The summed E-state index contributed by atoms with van der Waals surface area (Å²) in [5, 5.41) is 4.47. The molecule has 0 unspecified atom stereocenters. The zero-order valence-corrected chi connectivity index (χ0v) is 23.8. The molecule has 1 amide bonds. The van der Waals surface area contributed by atoms with Gasteiger partial charge < -0.3 is 9.64 Å². The fourth-order valence-corrected chi connectivity index (χ4v) is 6.43. The Morgan fingerprint density at radius 2 is 1.65 bits per heavy atom. The van der Waals surface area contributed by atoms with Crippen molar-refractivity contribution in [3.63, 3.8) is 0 Å². The number of halogens is 4. The van der Waals surface area contributed by atoms with E-state index in [-0.39, 0.29) is 10.00 Å². The second kappa shape index (κ2) is 12.5. The van der Waals surface area contributed by atoms with Crippen LogP contribution in [-0.2, 0) is 21.3 Å². The van der Waals surface area contributed by atoms with Crippen molar-refractivity contribution >= 4 is 21.8 Å². The second-order valence-electron chi connectivity index (χ2n) is 9.86. The van der Waals surface area contributed by atoms with Gasteiger partial charge >= 0.3 is 6.09 Å². The Hall–Kier alpha value is -4.30. The van der Waals surface area contributed by atoms with Crippen molar-refractivity contribution in [3.8, 4) is 22.4 Å². The lowest BCUT2D eigenvalue weighted by Gasteiger charge is -2.26. The van der Waals surface area contributed by atoms with Crippen LogP contribution in [0.2, 0.25) is 0 Å². The molecule has 2 aromatic carbocycles. The number of nitrogens with zero attached hydrogens (tertiary/aromatic N) is 5. The number of sulfonamides is 1. The van der Waals surface area contributed by atoms with E-state index in [4.69, 9.17) is 0 Å². The van der Waals surface area contributed by atoms with Gasteiger partial charge in [0.15, 0.2) is 5.82 Å². The highest BCUT2D eigenvalue weighted by Crippen LogP contribution is 2.39. The first kappa shape index (κ1) is 30.2. The molecule has 0 bridgehead atoms. The number of hydrogen-bond acceptors (Lipinski definition) is 7. The molecule has 14 heteroatoms. The van der Waals surface area contributed by atoms with E-state index in [1.165, 1.54) is 12.4 Å². The number of ether oxygens (including phenoxy) is 1. The van der Waals surface area contributed by atoms with E-state index in [0.717, 1.165) is 45.5 Å². The predicted molar refractivity (Wildman–Crippen MR) is 150 cm³/mol. The Morgan fingerprint density at radius 3 is 2.35 bits per heavy atom. The molecule has 4 aromatic rings. The van der Waals surface area contributed by atoms with Crippen LogP contribution in [0.3, 0.4) is 0 Å². The smallest absolute Gasteiger partial charge is 0.428 e. The fourth-order valence-electron chi connectivity index (χ4n) is 4.99. The molecular weight excluding hydrogens is 590 g/mol. The number of methoxy groups -OCH3 is 1. The van der Waals surface area contributed by atoms with Crippen LogP contribution in [0.1, 0.15) is 19.3 Å². The van der Waals surface area contributed by atoms with Gasteiger partial charge in [-0.25, -0.2) is 30.8 Å². The van der Waals surface area contributed by atoms with Crippen LogP contribution in [0.4, 0.5) is 28.0 Å². The second-order valence-corrected chi connectivity index (χ2v) is 11.6. The maximum Gasteiger partial charge on any atom is 0.428 e. The minimum absolute atomic E-state index is 0.166. The molecule has 0 aliphatic carbocycles. The largest absolute Gasteiger partial charge is 0.452 e. The van der Waals surface area contributed by atoms with Crippen LogP contribution in [0.25, 0.3) is 22.4 Å². The van der Waals surface area contributed by atoms with Crippen molar-refractivity contribution in [2.45, 2.75) is 30.7 Å². The van der Waals surface area contributed by atoms with Gasteiger partial charge in [-0.15, -0.1) is 0 Å². The van der Waals surface area contributed by atoms with Crippen LogP contribution >= 0.6 is 0 Å². The number of hydrogen-bond donors (Lipinski definition) is 0. The summed E-state index contributed by atoms with van der Waals surface area (Å²) >= 11 is 0. The molecule has 0 N–H and O–H groups in total. The van der Waals surface area contributed by atoms with Crippen LogP contribution < -0.4 is 4.31 Å². The Labute approximate surface area is 245 Å². The van der Waals surface area contributed by atoms with E-state index >= 15 is 8.78 Å². The normalized spacial score (nSPS) is 14.1. The van der Waals surface area contributed by atoms with Gasteiger partial charge in [0, 0.05) is 30.7 Å². The van der Waals surface area contributed by atoms with E-state index in [2.05, 4.69) is 19.7 Å². The number of carbonyl (C=O) groups is 1. The third-order valence-electron chi connectivity index (χ3n) is 7.13. The van der Waals surface area contributed by atoms with Crippen LogP contribution in [0, 0.1) is 23.3 Å². The van der Waals surface area contributed by atoms with Crippen molar-refractivity contribution < 1.29 is 35.5 Å². The van der Waals surface area contributed by atoms with Gasteiger partial charge in [-0.05, 0) is 74.0 Å². The number of piperidine rings is 1. The number of carbonyl (C=O) groups excluding carboxylic acids is 1. The lowest BCUT2D eigenvalue weighted by atomic mass is 10.0. The summed E-state index contributed by atoms with van der Waals surface area (Å²) in [5.41, 5.74) is -1.03. The van der Waals surface area contributed by atoms with Crippen molar-refractivity contribution in [2.24, 2.45) is 0 Å². The minimum atomic E-state index is -5.29. The molecule has 9 nitrogen and oxygen atoms in total. The lowest BCUT2D eigenvalue weighted by Crippen LogP contribution is -2.38. The van der Waals surface area contributed by atoms with Gasteiger partial charge in [0.1, 0.15) is 33.7 Å². The summed E-state index contributed by atoms with van der Waals surface area (Å²) in [6, 6.07) is 6.25. The zero-order chi connectivity index (χ0) is 30.7. The zero-order valence-electron chi connectivity index (χ0n) is 23.0. The number of benzene rings is 2. The Kier molecular flexibility index (Phi) is 8.78. The number of aromatic nitrogens is 3. The van der Waals surface area contributed by atoms with Crippen molar-refractivity contribution in [1.82, 2.24) is 19.7 Å². The SMILES string of the molecule is COC(=O)N(c1ccc(F)c(-c2nn(CCN3CCCCC3)cc2-c2ccncc2)c1F)S(=O)(=O)c1cc(F)ccc1F. The van der Waals surface area contributed by atoms with E-state index in [1.807, 2.05) is 0 Å². The summed E-state index contributed by atoms with van der Waals surface area (Å²) in [6.07, 6.45) is 6.29. The summed E-state index contributed by atoms with van der Waals surface area (Å²) in [4.78, 5) is 17.8. The molecule has 1 fully saturated rings. The first-order valence-electron chi connectivity index (χ1n) is 13.4. The third-order valence-corrected chi connectivity index (χ3v) is 8.82. The number of rotatable bonds is 8. The molecule has 0 radical (unpaired) electrons. The molecule has 0 spiro atoms. The molecule has 3 heterocycles. The average Bonchev–Trinajstić information content (AvgIpc) is 3.43. The van der Waals surface area contributed by atoms with Gasteiger partial charge in [-0.2, -0.15) is 9.40 Å². The molecule has 1 aliphatic rings. The summed E-state index contributed by atoms with van der Waals surface area (Å²) in [7, 11) is -4.47. The highest BCUT2D eigenvalue weighted by molar-refractivity contribution is 7.93. The molecule has 43 heavy (non-hydrogen) atoms. The first-order chi connectivity index (χ1) is 20.6. The number of anilines is 1. The lowest BCUT2D eigenvalue weighted by molar-refractivity contribution is 0.183. The van der Waals surface area contributed by atoms with Crippen molar-refractivity contribution in [1.29, 1.82) is 0 Å². The molecule has 1 saturated heterocycles. The fraction of sp³-hybridized carbons (Fsp3) is 0.276. The van der Waals surface area contributed by atoms with Crippen LogP contribution in [0.5, 0.6) is 0 Å². The van der Waals surface area contributed by atoms with Gasteiger partial charge in [0.2, 0.25) is 0 Å².